The van der Waals surface area contributed by atoms with Crippen LogP contribution in [0.25, 0.3) is 0 Å². The van der Waals surface area contributed by atoms with E-state index in [0.29, 0.717) is 6.04 Å². The second-order valence-corrected chi connectivity index (χ2v) is 6.79. The van der Waals surface area contributed by atoms with Crippen molar-refractivity contribution in [1.82, 2.24) is 10.2 Å². The van der Waals surface area contributed by atoms with Gasteiger partial charge in [-0.3, -0.25) is 4.90 Å². The molecule has 2 heterocycles. The Morgan fingerprint density at radius 2 is 2.14 bits per heavy atom. The highest BCUT2D eigenvalue weighted by Gasteiger charge is 2.35. The first-order chi connectivity index (χ1) is 10.3. The number of rotatable bonds is 3. The van der Waals surface area contributed by atoms with Crippen molar-refractivity contribution in [3.63, 3.8) is 0 Å². The van der Waals surface area contributed by atoms with E-state index in [-0.39, 0.29) is 5.54 Å². The highest BCUT2D eigenvalue weighted by molar-refractivity contribution is 5.16. The van der Waals surface area contributed by atoms with Crippen LogP contribution in [0.5, 0.6) is 0 Å². The monoisotopic (exact) mass is 288 g/mol. The Kier molecular flexibility index (Phi) is 4.94. The van der Waals surface area contributed by atoms with Crippen LogP contribution in [0.1, 0.15) is 31.7 Å². The third kappa shape index (κ3) is 3.85. The first-order valence-electron chi connectivity index (χ1n) is 8.36. The minimum Gasteiger partial charge on any atom is -0.380 e. The molecule has 2 atom stereocenters. The molecule has 0 saturated carbocycles. The fourth-order valence-corrected chi connectivity index (χ4v) is 3.69. The molecule has 0 aromatic heterocycles. The molecule has 1 aromatic rings. The number of ether oxygens (including phenoxy) is 1. The number of nitrogens with zero attached hydrogens (tertiary/aromatic N) is 1. The van der Waals surface area contributed by atoms with Crippen molar-refractivity contribution < 1.29 is 4.74 Å². The van der Waals surface area contributed by atoms with Crippen LogP contribution < -0.4 is 5.32 Å². The highest BCUT2D eigenvalue weighted by Crippen LogP contribution is 2.27. The van der Waals surface area contributed by atoms with Crippen molar-refractivity contribution in [2.45, 2.75) is 44.2 Å². The smallest absolute Gasteiger partial charge is 0.0647 e. The molecule has 0 radical (unpaired) electrons. The molecule has 0 amide bonds. The largest absolute Gasteiger partial charge is 0.380 e. The van der Waals surface area contributed by atoms with Crippen LogP contribution in [-0.4, -0.2) is 49.3 Å². The van der Waals surface area contributed by atoms with Crippen molar-refractivity contribution in [2.24, 2.45) is 0 Å². The van der Waals surface area contributed by atoms with Crippen LogP contribution in [0.4, 0.5) is 0 Å². The van der Waals surface area contributed by atoms with Gasteiger partial charge in [-0.1, -0.05) is 30.3 Å². The van der Waals surface area contributed by atoms with E-state index in [1.165, 1.54) is 31.4 Å². The van der Waals surface area contributed by atoms with Gasteiger partial charge in [-0.25, -0.2) is 0 Å². The first kappa shape index (κ1) is 15.0. The van der Waals surface area contributed by atoms with Crippen molar-refractivity contribution in [3.05, 3.63) is 35.9 Å². The predicted molar refractivity (Wildman–Crippen MR) is 86.6 cm³/mol. The van der Waals surface area contributed by atoms with E-state index in [0.717, 1.165) is 32.7 Å². The maximum Gasteiger partial charge on any atom is 0.0647 e. The summed E-state index contributed by atoms with van der Waals surface area (Å²) in [5, 5.41) is 3.73. The van der Waals surface area contributed by atoms with Crippen LogP contribution in [-0.2, 0) is 11.2 Å². The molecule has 21 heavy (non-hydrogen) atoms. The van der Waals surface area contributed by atoms with Gasteiger partial charge < -0.3 is 10.1 Å². The van der Waals surface area contributed by atoms with Gasteiger partial charge in [0.2, 0.25) is 0 Å². The van der Waals surface area contributed by atoms with Crippen LogP contribution in [0.3, 0.4) is 0 Å². The zero-order valence-corrected chi connectivity index (χ0v) is 13.2. The molecule has 3 heteroatoms. The van der Waals surface area contributed by atoms with E-state index >= 15 is 0 Å². The molecule has 1 N–H and O–H groups in total. The molecule has 0 bridgehead atoms. The SMILES string of the molecule is CC1(N2CCCNC(Cc3ccccc3)C2)CCCOC1. The van der Waals surface area contributed by atoms with E-state index in [4.69, 9.17) is 4.74 Å². The fraction of sp³-hybridized carbons (Fsp3) is 0.667. The fourth-order valence-electron chi connectivity index (χ4n) is 3.69. The topological polar surface area (TPSA) is 24.5 Å². The molecule has 3 rings (SSSR count). The van der Waals surface area contributed by atoms with Gasteiger partial charge in [0, 0.05) is 31.3 Å². The van der Waals surface area contributed by atoms with Crippen molar-refractivity contribution in [2.75, 3.05) is 32.8 Å². The van der Waals surface area contributed by atoms with Crippen LogP contribution in [0.2, 0.25) is 0 Å². The third-order valence-corrected chi connectivity index (χ3v) is 4.98. The van der Waals surface area contributed by atoms with Gasteiger partial charge >= 0.3 is 0 Å². The summed E-state index contributed by atoms with van der Waals surface area (Å²) in [6.07, 6.45) is 4.82. The summed E-state index contributed by atoms with van der Waals surface area (Å²) < 4.78 is 5.77. The Balaban J connectivity index is 1.65. The normalized spacial score (nSPS) is 31.8. The van der Waals surface area contributed by atoms with Gasteiger partial charge in [-0.15, -0.1) is 0 Å². The summed E-state index contributed by atoms with van der Waals surface area (Å²) in [6, 6.07) is 11.4. The van der Waals surface area contributed by atoms with E-state index in [2.05, 4.69) is 47.5 Å². The molecule has 0 spiro atoms. The second kappa shape index (κ2) is 6.91. The minimum absolute atomic E-state index is 0.235. The summed E-state index contributed by atoms with van der Waals surface area (Å²) in [7, 11) is 0. The lowest BCUT2D eigenvalue weighted by molar-refractivity contribution is -0.0402. The van der Waals surface area contributed by atoms with Crippen LogP contribution in [0.15, 0.2) is 30.3 Å². The Morgan fingerprint density at radius 3 is 2.90 bits per heavy atom. The Bertz CT molecular complexity index is 428. The van der Waals surface area contributed by atoms with Crippen LogP contribution in [0, 0.1) is 0 Å². The van der Waals surface area contributed by atoms with Gasteiger partial charge in [-0.2, -0.15) is 0 Å². The van der Waals surface area contributed by atoms with E-state index in [1.54, 1.807) is 0 Å². The lowest BCUT2D eigenvalue weighted by Crippen LogP contribution is -2.54. The maximum absolute atomic E-state index is 5.77. The quantitative estimate of drug-likeness (QED) is 0.925. The molecule has 2 fully saturated rings. The van der Waals surface area contributed by atoms with Gasteiger partial charge in [0.25, 0.3) is 0 Å². The molecule has 2 aliphatic heterocycles. The average molecular weight is 288 g/mol. The zero-order chi connectivity index (χ0) is 14.5. The number of nitrogens with one attached hydrogen (secondary N) is 1. The van der Waals surface area contributed by atoms with Crippen molar-refractivity contribution >= 4 is 0 Å². The Labute approximate surface area is 128 Å². The van der Waals surface area contributed by atoms with Crippen LogP contribution >= 0.6 is 0 Å². The maximum atomic E-state index is 5.77. The third-order valence-electron chi connectivity index (χ3n) is 4.98. The van der Waals surface area contributed by atoms with E-state index < -0.39 is 0 Å². The summed E-state index contributed by atoms with van der Waals surface area (Å²) in [5.41, 5.74) is 1.67. The summed E-state index contributed by atoms with van der Waals surface area (Å²) in [6.45, 7) is 7.68. The Morgan fingerprint density at radius 1 is 1.29 bits per heavy atom. The van der Waals surface area contributed by atoms with Gasteiger partial charge in [-0.05, 0) is 44.7 Å². The number of hydrogen-bond donors (Lipinski definition) is 1. The molecule has 1 aromatic carbocycles. The lowest BCUT2D eigenvalue weighted by atomic mass is 9.91. The summed E-state index contributed by atoms with van der Waals surface area (Å²) in [4.78, 5) is 2.68. The molecule has 2 aliphatic rings. The molecule has 2 saturated heterocycles. The standard InChI is InChI=1S/C18H28N2O/c1-18(9-5-12-21-15-18)20-11-6-10-19-17(14-20)13-16-7-3-2-4-8-16/h2-4,7-8,17,19H,5-6,9-15H2,1H3. The number of hydrogen-bond acceptors (Lipinski definition) is 3. The molecule has 2 unspecified atom stereocenters. The minimum atomic E-state index is 0.235. The Hall–Kier alpha value is -0.900. The van der Waals surface area contributed by atoms with Gasteiger partial charge in [0.15, 0.2) is 0 Å². The predicted octanol–water partition coefficient (Wildman–Crippen LogP) is 2.46. The lowest BCUT2D eigenvalue weighted by Gasteiger charge is -2.44. The molecule has 0 aliphatic carbocycles. The average Bonchev–Trinajstić information content (AvgIpc) is 2.75. The van der Waals surface area contributed by atoms with Gasteiger partial charge in [0.1, 0.15) is 0 Å². The van der Waals surface area contributed by atoms with E-state index in [1.807, 2.05) is 0 Å². The van der Waals surface area contributed by atoms with Gasteiger partial charge in [0.05, 0.1) is 6.61 Å². The van der Waals surface area contributed by atoms with E-state index in [9.17, 15) is 0 Å². The molecular formula is C18H28N2O. The number of benzene rings is 1. The zero-order valence-electron chi connectivity index (χ0n) is 13.2. The van der Waals surface area contributed by atoms with Crippen molar-refractivity contribution in [1.29, 1.82) is 0 Å². The highest BCUT2D eigenvalue weighted by atomic mass is 16.5. The molecule has 3 nitrogen and oxygen atoms in total. The van der Waals surface area contributed by atoms with Crippen molar-refractivity contribution in [3.8, 4) is 0 Å². The molecule has 116 valence electrons. The first-order valence-corrected chi connectivity index (χ1v) is 8.36. The molecular weight excluding hydrogens is 260 g/mol. The summed E-state index contributed by atoms with van der Waals surface area (Å²) >= 11 is 0. The summed E-state index contributed by atoms with van der Waals surface area (Å²) in [5.74, 6) is 0. The second-order valence-electron chi connectivity index (χ2n) is 6.79.